The molecule has 0 aromatic carbocycles. The Labute approximate surface area is 187 Å². The molecule has 32 heavy (non-hydrogen) atoms. The fourth-order valence-electron chi connectivity index (χ4n) is 5.75. The van der Waals surface area contributed by atoms with Gasteiger partial charge in [-0.2, -0.15) is 0 Å². The van der Waals surface area contributed by atoms with E-state index in [1.54, 1.807) is 0 Å². The van der Waals surface area contributed by atoms with E-state index in [1.165, 1.54) is 6.92 Å². The molecule has 3 N–H and O–H groups in total. The predicted molar refractivity (Wildman–Crippen MR) is 110 cm³/mol. The Bertz CT molecular complexity index is 809. The number of carbonyl (C=O) groups is 2. The van der Waals surface area contributed by atoms with Crippen LogP contribution in [-0.2, 0) is 28.5 Å². The molecule has 0 aromatic rings. The van der Waals surface area contributed by atoms with Crippen LogP contribution in [0.5, 0.6) is 0 Å². The average molecular weight is 453 g/mol. The normalized spacial score (nSPS) is 46.3. The zero-order valence-electron chi connectivity index (χ0n) is 18.4. The van der Waals surface area contributed by atoms with Gasteiger partial charge in [-0.1, -0.05) is 18.7 Å². The van der Waals surface area contributed by atoms with Crippen molar-refractivity contribution in [3.63, 3.8) is 0 Å². The number of carbonyl (C=O) groups excluding carboxylic acids is 2. The van der Waals surface area contributed by atoms with Crippen LogP contribution in [0.1, 0.15) is 39.5 Å². The molecule has 0 radical (unpaired) electrons. The fraction of sp³-hybridized carbons (Fsp3) is 0.739. The number of hydrogen-bond donors (Lipinski definition) is 3. The first kappa shape index (κ1) is 23.4. The number of hydrogen-bond acceptors (Lipinski definition) is 9. The van der Waals surface area contributed by atoms with Crippen molar-refractivity contribution in [2.24, 2.45) is 17.8 Å². The standard InChI is InChI=1S/C23H32O9/c1-10-7-16-14(11(2)21(28)30-16)8-15-13(10)5-6-23(15,4)32-22-20(27)19(26)18(25)17(31-22)9-29-12(3)24/h13-20,22,25-27H,1-2,5-9H2,3-4H3. The summed E-state index contributed by atoms with van der Waals surface area (Å²) >= 11 is 0. The summed E-state index contributed by atoms with van der Waals surface area (Å²) in [6, 6.07) is 0. The van der Waals surface area contributed by atoms with Crippen molar-refractivity contribution in [3.05, 3.63) is 24.3 Å². The molecule has 2 heterocycles. The summed E-state index contributed by atoms with van der Waals surface area (Å²) in [5, 5.41) is 31.1. The van der Waals surface area contributed by atoms with Gasteiger partial charge in [0.15, 0.2) is 6.29 Å². The SMILES string of the molecule is C=C1C(=O)OC2CC(=C)C3CCC(C)(OC4OC(COC(C)=O)C(O)C(O)C4O)C3CC12. The van der Waals surface area contributed by atoms with E-state index in [9.17, 15) is 24.9 Å². The molecule has 9 nitrogen and oxygen atoms in total. The predicted octanol–water partition coefficient (Wildman–Crippen LogP) is 0.606. The van der Waals surface area contributed by atoms with Crippen LogP contribution in [0.3, 0.4) is 0 Å². The van der Waals surface area contributed by atoms with E-state index in [-0.39, 0.29) is 36.4 Å². The maximum atomic E-state index is 12.1. The third-order valence-corrected chi connectivity index (χ3v) is 7.64. The van der Waals surface area contributed by atoms with Gasteiger partial charge >= 0.3 is 11.9 Å². The lowest BCUT2D eigenvalue weighted by Gasteiger charge is -2.44. The summed E-state index contributed by atoms with van der Waals surface area (Å²) in [6.07, 6.45) is -4.27. The highest BCUT2D eigenvalue weighted by atomic mass is 16.7. The Balaban J connectivity index is 1.53. The van der Waals surface area contributed by atoms with Crippen molar-refractivity contribution in [2.45, 2.75) is 81.9 Å². The van der Waals surface area contributed by atoms with Gasteiger partial charge in [0, 0.05) is 24.8 Å². The topological polar surface area (TPSA) is 132 Å². The first-order valence-electron chi connectivity index (χ1n) is 11.1. The van der Waals surface area contributed by atoms with Crippen molar-refractivity contribution in [1.82, 2.24) is 0 Å². The molecule has 0 bridgehead atoms. The molecule has 2 aliphatic carbocycles. The van der Waals surface area contributed by atoms with E-state index in [1.807, 2.05) is 6.92 Å². The van der Waals surface area contributed by atoms with E-state index in [4.69, 9.17) is 18.9 Å². The molecule has 0 aromatic heterocycles. The van der Waals surface area contributed by atoms with E-state index >= 15 is 0 Å². The molecular weight excluding hydrogens is 420 g/mol. The summed E-state index contributed by atoms with van der Waals surface area (Å²) in [4.78, 5) is 23.2. The second-order valence-electron chi connectivity index (χ2n) is 9.67. The molecule has 0 spiro atoms. The first-order chi connectivity index (χ1) is 15.0. The van der Waals surface area contributed by atoms with Gasteiger partial charge in [-0.3, -0.25) is 4.79 Å². The Morgan fingerprint density at radius 3 is 2.59 bits per heavy atom. The van der Waals surface area contributed by atoms with E-state index < -0.39 is 42.3 Å². The van der Waals surface area contributed by atoms with Crippen LogP contribution in [-0.4, -0.2) is 76.3 Å². The third kappa shape index (κ3) is 4.01. The van der Waals surface area contributed by atoms with Crippen LogP contribution in [0.2, 0.25) is 0 Å². The largest absolute Gasteiger partial charge is 0.463 e. The number of rotatable bonds is 4. The van der Waals surface area contributed by atoms with Crippen LogP contribution in [0.25, 0.3) is 0 Å². The highest BCUT2D eigenvalue weighted by Gasteiger charge is 2.56. The maximum Gasteiger partial charge on any atom is 0.334 e. The molecule has 4 fully saturated rings. The Morgan fingerprint density at radius 1 is 1.19 bits per heavy atom. The van der Waals surface area contributed by atoms with Gasteiger partial charge in [-0.25, -0.2) is 4.79 Å². The summed E-state index contributed by atoms with van der Waals surface area (Å²) < 4.78 is 22.5. The van der Waals surface area contributed by atoms with Crippen molar-refractivity contribution in [1.29, 1.82) is 0 Å². The van der Waals surface area contributed by atoms with Gasteiger partial charge in [0.1, 0.15) is 37.1 Å². The van der Waals surface area contributed by atoms with E-state index in [0.717, 1.165) is 12.0 Å². The van der Waals surface area contributed by atoms with Crippen LogP contribution in [0.4, 0.5) is 0 Å². The number of fused-ring (bicyclic) bond motifs is 2. The van der Waals surface area contributed by atoms with Crippen LogP contribution < -0.4 is 0 Å². The second kappa shape index (κ2) is 8.53. The minimum atomic E-state index is -1.52. The minimum Gasteiger partial charge on any atom is -0.463 e. The van der Waals surface area contributed by atoms with Crippen LogP contribution >= 0.6 is 0 Å². The van der Waals surface area contributed by atoms with Gasteiger partial charge in [-0.15, -0.1) is 0 Å². The van der Waals surface area contributed by atoms with E-state index in [2.05, 4.69) is 13.2 Å². The molecule has 178 valence electrons. The molecule has 4 rings (SSSR count). The maximum absolute atomic E-state index is 12.1. The van der Waals surface area contributed by atoms with Gasteiger partial charge in [-0.05, 0) is 38.0 Å². The molecule has 4 aliphatic rings. The Morgan fingerprint density at radius 2 is 1.91 bits per heavy atom. The van der Waals surface area contributed by atoms with Gasteiger partial charge in [0.05, 0.1) is 5.60 Å². The lowest BCUT2D eigenvalue weighted by molar-refractivity contribution is -0.329. The highest BCUT2D eigenvalue weighted by molar-refractivity contribution is 5.90. The average Bonchev–Trinajstić information content (AvgIpc) is 3.13. The summed E-state index contributed by atoms with van der Waals surface area (Å²) in [6.45, 7) is 11.1. The zero-order chi connectivity index (χ0) is 23.4. The third-order valence-electron chi connectivity index (χ3n) is 7.64. The quantitative estimate of drug-likeness (QED) is 0.319. The number of esters is 2. The van der Waals surface area contributed by atoms with Crippen molar-refractivity contribution < 1.29 is 43.9 Å². The van der Waals surface area contributed by atoms with Crippen LogP contribution in [0.15, 0.2) is 24.3 Å². The smallest absolute Gasteiger partial charge is 0.334 e. The van der Waals surface area contributed by atoms with Gasteiger partial charge in [0.25, 0.3) is 0 Å². The monoisotopic (exact) mass is 452 g/mol. The molecule has 10 unspecified atom stereocenters. The Hall–Kier alpha value is -1.78. The highest BCUT2D eigenvalue weighted by Crippen LogP contribution is 2.54. The van der Waals surface area contributed by atoms with Gasteiger partial charge in [0.2, 0.25) is 0 Å². The summed E-state index contributed by atoms with van der Waals surface area (Å²) in [5.74, 6) is -0.919. The van der Waals surface area contributed by atoms with Gasteiger partial charge < -0.3 is 34.3 Å². The molecule has 2 saturated carbocycles. The number of aliphatic hydroxyl groups is 3. The van der Waals surface area contributed by atoms with Crippen LogP contribution in [0, 0.1) is 17.8 Å². The molecule has 9 heteroatoms. The lowest BCUT2D eigenvalue weighted by atomic mass is 9.78. The Kier molecular flexibility index (Phi) is 6.23. The molecule has 2 saturated heterocycles. The second-order valence-corrected chi connectivity index (χ2v) is 9.67. The van der Waals surface area contributed by atoms with E-state index in [0.29, 0.717) is 24.8 Å². The lowest BCUT2D eigenvalue weighted by Crippen LogP contribution is -2.61. The fourth-order valence-corrected chi connectivity index (χ4v) is 5.75. The van der Waals surface area contributed by atoms with Crippen molar-refractivity contribution >= 4 is 11.9 Å². The first-order valence-corrected chi connectivity index (χ1v) is 11.1. The summed E-state index contributed by atoms with van der Waals surface area (Å²) in [7, 11) is 0. The minimum absolute atomic E-state index is 0.0250. The zero-order valence-corrected chi connectivity index (χ0v) is 18.4. The molecular formula is C23H32O9. The summed E-state index contributed by atoms with van der Waals surface area (Å²) in [5.41, 5.74) is 0.728. The number of aliphatic hydroxyl groups excluding tert-OH is 3. The van der Waals surface area contributed by atoms with Crippen molar-refractivity contribution in [2.75, 3.05) is 6.61 Å². The molecule has 10 atom stereocenters. The molecule has 2 aliphatic heterocycles. The van der Waals surface area contributed by atoms with Crippen molar-refractivity contribution in [3.8, 4) is 0 Å². The number of ether oxygens (including phenoxy) is 4. The molecule has 0 amide bonds.